The van der Waals surface area contributed by atoms with E-state index >= 15 is 0 Å². The number of thioether (sulfide) groups is 1. The molecule has 1 atom stereocenters. The Hall–Kier alpha value is -2.97. The first kappa shape index (κ1) is 22.2. The third-order valence-electron chi connectivity index (χ3n) is 5.31. The topological polar surface area (TPSA) is 74.6 Å². The number of ether oxygens (including phenoxy) is 3. The quantitative estimate of drug-likeness (QED) is 0.482. The van der Waals surface area contributed by atoms with E-state index in [9.17, 15) is 4.79 Å². The van der Waals surface area contributed by atoms with Gasteiger partial charge in [-0.25, -0.2) is 4.98 Å². The van der Waals surface area contributed by atoms with Gasteiger partial charge < -0.3 is 24.1 Å². The zero-order valence-electron chi connectivity index (χ0n) is 18.2. The van der Waals surface area contributed by atoms with Crippen molar-refractivity contribution in [2.24, 2.45) is 0 Å². The largest absolute Gasteiger partial charge is 0.497 e. The Balaban J connectivity index is 1.49. The highest BCUT2D eigenvalue weighted by Crippen LogP contribution is 2.31. The zero-order chi connectivity index (χ0) is 22.3. The second-order valence-electron chi connectivity index (χ2n) is 7.44. The first-order valence-electron chi connectivity index (χ1n) is 10.5. The zero-order valence-corrected chi connectivity index (χ0v) is 19.1. The van der Waals surface area contributed by atoms with E-state index in [4.69, 9.17) is 14.2 Å². The van der Waals surface area contributed by atoms with Gasteiger partial charge in [0.15, 0.2) is 5.16 Å². The van der Waals surface area contributed by atoms with Crippen LogP contribution in [-0.4, -0.2) is 48.1 Å². The van der Waals surface area contributed by atoms with Crippen molar-refractivity contribution in [3.63, 3.8) is 0 Å². The normalized spacial score (nSPS) is 15.5. The summed E-state index contributed by atoms with van der Waals surface area (Å²) in [6, 6.07) is 15.5. The molecular weight excluding hydrogens is 426 g/mol. The van der Waals surface area contributed by atoms with Crippen molar-refractivity contribution in [2.75, 3.05) is 31.9 Å². The van der Waals surface area contributed by atoms with Gasteiger partial charge in [0.25, 0.3) is 0 Å². The molecule has 0 aliphatic carbocycles. The summed E-state index contributed by atoms with van der Waals surface area (Å²) >= 11 is 1.41. The Kier molecular flexibility index (Phi) is 7.34. The van der Waals surface area contributed by atoms with Crippen LogP contribution < -0.4 is 14.8 Å². The van der Waals surface area contributed by atoms with Crippen LogP contribution in [-0.2, 0) is 16.1 Å². The van der Waals surface area contributed by atoms with Crippen LogP contribution in [0.3, 0.4) is 0 Å². The number of hydrogen-bond acceptors (Lipinski definition) is 6. The molecular formula is C24H27N3O4S. The fourth-order valence-corrected chi connectivity index (χ4v) is 4.50. The smallest absolute Gasteiger partial charge is 0.234 e. The summed E-state index contributed by atoms with van der Waals surface area (Å²) < 4.78 is 18.6. The maximum atomic E-state index is 12.7. The number of nitrogens with one attached hydrogen (secondary N) is 1. The van der Waals surface area contributed by atoms with Gasteiger partial charge in [-0.3, -0.25) is 4.79 Å². The van der Waals surface area contributed by atoms with Crippen molar-refractivity contribution in [1.82, 2.24) is 9.55 Å². The van der Waals surface area contributed by atoms with Crippen molar-refractivity contribution < 1.29 is 19.0 Å². The second-order valence-corrected chi connectivity index (χ2v) is 8.38. The van der Waals surface area contributed by atoms with Crippen molar-refractivity contribution in [2.45, 2.75) is 30.6 Å². The predicted molar refractivity (Wildman–Crippen MR) is 126 cm³/mol. The molecule has 168 valence electrons. The number of imidazole rings is 1. The molecule has 1 N–H and O–H groups in total. The molecule has 1 aliphatic heterocycles. The van der Waals surface area contributed by atoms with E-state index in [0.29, 0.717) is 17.2 Å². The van der Waals surface area contributed by atoms with Gasteiger partial charge in [-0.15, -0.1) is 0 Å². The van der Waals surface area contributed by atoms with E-state index in [-0.39, 0.29) is 17.8 Å². The van der Waals surface area contributed by atoms with E-state index < -0.39 is 0 Å². The highest BCUT2D eigenvalue weighted by Gasteiger charge is 2.21. The summed E-state index contributed by atoms with van der Waals surface area (Å²) in [5, 5.41) is 3.71. The number of carbonyl (C=O) groups excluding carboxylic acids is 1. The monoisotopic (exact) mass is 453 g/mol. The van der Waals surface area contributed by atoms with Crippen LogP contribution in [0.15, 0.2) is 59.9 Å². The molecule has 32 heavy (non-hydrogen) atoms. The molecule has 4 rings (SSSR count). The van der Waals surface area contributed by atoms with Crippen LogP contribution in [0.5, 0.6) is 11.5 Å². The molecule has 0 saturated carbocycles. The highest BCUT2D eigenvalue weighted by atomic mass is 32.2. The Morgan fingerprint density at radius 1 is 1.22 bits per heavy atom. The van der Waals surface area contributed by atoms with Gasteiger partial charge in [-0.05, 0) is 30.5 Å². The molecule has 7 nitrogen and oxygen atoms in total. The molecule has 1 aliphatic rings. The lowest BCUT2D eigenvalue weighted by Gasteiger charge is -2.16. The van der Waals surface area contributed by atoms with E-state index in [1.165, 1.54) is 11.8 Å². The summed E-state index contributed by atoms with van der Waals surface area (Å²) in [4.78, 5) is 17.3. The molecule has 8 heteroatoms. The average Bonchev–Trinajstić information content (AvgIpc) is 3.48. The molecule has 1 amide bonds. The van der Waals surface area contributed by atoms with Gasteiger partial charge >= 0.3 is 0 Å². The summed E-state index contributed by atoms with van der Waals surface area (Å²) in [7, 11) is 3.15. The Labute approximate surface area is 192 Å². The average molecular weight is 454 g/mol. The lowest BCUT2D eigenvalue weighted by Crippen LogP contribution is -2.18. The van der Waals surface area contributed by atoms with Crippen LogP contribution >= 0.6 is 11.8 Å². The number of aromatic nitrogens is 2. The maximum Gasteiger partial charge on any atom is 0.234 e. The minimum absolute atomic E-state index is 0.144. The molecule has 0 radical (unpaired) electrons. The number of carbonyl (C=O) groups is 1. The van der Waals surface area contributed by atoms with Crippen LogP contribution in [0.2, 0.25) is 0 Å². The van der Waals surface area contributed by atoms with Crippen molar-refractivity contribution >= 4 is 23.4 Å². The molecule has 1 fully saturated rings. The number of amides is 1. The summed E-state index contributed by atoms with van der Waals surface area (Å²) in [5.41, 5.74) is 2.69. The highest BCUT2D eigenvalue weighted by molar-refractivity contribution is 7.99. The Morgan fingerprint density at radius 2 is 2.06 bits per heavy atom. The van der Waals surface area contributed by atoms with Gasteiger partial charge in [0.05, 0.1) is 50.2 Å². The van der Waals surface area contributed by atoms with E-state index in [2.05, 4.69) is 27.0 Å². The number of benzene rings is 2. The Bertz CT molecular complexity index is 1050. The van der Waals surface area contributed by atoms with Gasteiger partial charge in [-0.2, -0.15) is 0 Å². The summed E-state index contributed by atoms with van der Waals surface area (Å²) in [6.45, 7) is 1.52. The van der Waals surface area contributed by atoms with Crippen molar-refractivity contribution in [1.29, 1.82) is 0 Å². The first-order chi connectivity index (χ1) is 15.7. The molecule has 0 spiro atoms. The molecule has 1 unspecified atom stereocenters. The van der Waals surface area contributed by atoms with Crippen LogP contribution in [0.25, 0.3) is 11.3 Å². The van der Waals surface area contributed by atoms with Gasteiger partial charge in [0.2, 0.25) is 5.91 Å². The number of anilines is 1. The summed E-state index contributed by atoms with van der Waals surface area (Å²) in [5.74, 6) is 1.30. The van der Waals surface area contributed by atoms with E-state index in [0.717, 1.165) is 42.4 Å². The van der Waals surface area contributed by atoms with Crippen molar-refractivity contribution in [3.05, 3.63) is 54.7 Å². The summed E-state index contributed by atoms with van der Waals surface area (Å²) in [6.07, 6.45) is 4.15. The minimum atomic E-state index is -0.144. The van der Waals surface area contributed by atoms with E-state index in [1.54, 1.807) is 32.4 Å². The number of methoxy groups -OCH3 is 2. The standard InChI is InChI=1S/C24H27N3O4S/c1-29-18-10-11-22(30-2)20(13-18)26-23(28)16-32-24-25-14-21(17-7-4-3-5-8-17)27(24)15-19-9-6-12-31-19/h3-5,7-8,10-11,13-14,19H,6,9,12,15-16H2,1-2H3,(H,26,28). The lowest BCUT2D eigenvalue weighted by molar-refractivity contribution is -0.113. The number of nitrogens with zero attached hydrogens (tertiary/aromatic N) is 2. The maximum absolute atomic E-state index is 12.7. The third-order valence-corrected chi connectivity index (χ3v) is 6.30. The van der Waals surface area contributed by atoms with E-state index in [1.807, 2.05) is 24.4 Å². The van der Waals surface area contributed by atoms with Crippen LogP contribution in [0, 0.1) is 0 Å². The second kappa shape index (κ2) is 10.6. The third kappa shape index (κ3) is 5.26. The molecule has 1 aromatic heterocycles. The minimum Gasteiger partial charge on any atom is -0.497 e. The van der Waals surface area contributed by atoms with Gasteiger partial charge in [-0.1, -0.05) is 42.1 Å². The predicted octanol–water partition coefficient (Wildman–Crippen LogP) is 4.48. The molecule has 2 heterocycles. The molecule has 3 aromatic rings. The number of hydrogen-bond donors (Lipinski definition) is 1. The van der Waals surface area contributed by atoms with Crippen molar-refractivity contribution in [3.8, 4) is 22.8 Å². The SMILES string of the molecule is COc1ccc(OC)c(NC(=O)CSc2ncc(-c3ccccc3)n2CC2CCCO2)c1. The lowest BCUT2D eigenvalue weighted by atomic mass is 10.1. The van der Waals surface area contributed by atoms with Gasteiger partial charge in [0.1, 0.15) is 11.5 Å². The fraction of sp³-hybridized carbons (Fsp3) is 0.333. The molecule has 2 aromatic carbocycles. The van der Waals surface area contributed by atoms with Crippen LogP contribution in [0.4, 0.5) is 5.69 Å². The Morgan fingerprint density at radius 3 is 2.78 bits per heavy atom. The number of rotatable bonds is 9. The molecule has 1 saturated heterocycles. The fourth-order valence-electron chi connectivity index (χ4n) is 3.71. The van der Waals surface area contributed by atoms with Crippen LogP contribution in [0.1, 0.15) is 12.8 Å². The molecule has 0 bridgehead atoms. The first-order valence-corrected chi connectivity index (χ1v) is 11.5. The van der Waals surface area contributed by atoms with Gasteiger partial charge in [0, 0.05) is 12.7 Å².